The molecule has 2 atom stereocenters. The summed E-state index contributed by atoms with van der Waals surface area (Å²) >= 11 is 1.87. The van der Waals surface area contributed by atoms with Gasteiger partial charge in [0.05, 0.1) is 20.3 Å². The van der Waals surface area contributed by atoms with E-state index in [0.717, 1.165) is 29.2 Å². The van der Waals surface area contributed by atoms with Crippen molar-refractivity contribution in [1.29, 1.82) is 0 Å². The van der Waals surface area contributed by atoms with Gasteiger partial charge < -0.3 is 15.2 Å². The number of thioether (sulfide) groups is 1. The van der Waals surface area contributed by atoms with Crippen LogP contribution in [0.25, 0.3) is 0 Å². The first-order chi connectivity index (χ1) is 10.1. The van der Waals surface area contributed by atoms with Crippen LogP contribution < -0.4 is 15.2 Å². The zero-order valence-corrected chi connectivity index (χ0v) is 14.6. The summed E-state index contributed by atoms with van der Waals surface area (Å²) in [5, 5.41) is 0. The molecule has 0 spiro atoms. The van der Waals surface area contributed by atoms with Gasteiger partial charge in [-0.15, -0.1) is 0 Å². The lowest BCUT2D eigenvalue weighted by molar-refractivity contribution is 0.182. The van der Waals surface area contributed by atoms with Gasteiger partial charge >= 0.3 is 0 Å². The summed E-state index contributed by atoms with van der Waals surface area (Å²) in [6.45, 7) is 2.79. The fourth-order valence-electron chi connectivity index (χ4n) is 2.41. The van der Waals surface area contributed by atoms with E-state index in [1.807, 2.05) is 30.0 Å². The highest BCUT2D eigenvalue weighted by atomic mass is 32.2. The number of benzene rings is 1. The van der Waals surface area contributed by atoms with E-state index in [4.69, 9.17) is 15.2 Å². The number of methoxy groups -OCH3 is 2. The van der Waals surface area contributed by atoms with Crippen LogP contribution in [0.5, 0.6) is 11.5 Å². The van der Waals surface area contributed by atoms with Gasteiger partial charge in [-0.3, -0.25) is 4.90 Å². The molecule has 0 bridgehead atoms. The van der Waals surface area contributed by atoms with E-state index in [-0.39, 0.29) is 6.04 Å². The molecule has 5 heteroatoms. The molecule has 0 radical (unpaired) electrons. The first-order valence-electron chi connectivity index (χ1n) is 7.21. The van der Waals surface area contributed by atoms with Crippen LogP contribution in [0, 0.1) is 0 Å². The quantitative estimate of drug-likeness (QED) is 0.760. The fraction of sp³-hybridized carbons (Fsp3) is 0.625. The predicted molar refractivity (Wildman–Crippen MR) is 91.6 cm³/mol. The Balaban J connectivity index is 3.02. The Hall–Kier alpha value is -0.910. The lowest BCUT2D eigenvalue weighted by Crippen LogP contribution is -2.37. The van der Waals surface area contributed by atoms with Gasteiger partial charge in [0.2, 0.25) is 0 Å². The van der Waals surface area contributed by atoms with Gasteiger partial charge in [0.15, 0.2) is 0 Å². The van der Waals surface area contributed by atoms with Crippen molar-refractivity contribution < 1.29 is 9.47 Å². The number of nitrogens with zero attached hydrogens (tertiary/aromatic N) is 1. The van der Waals surface area contributed by atoms with Crippen LogP contribution in [0.1, 0.15) is 24.9 Å². The molecular weight excluding hydrogens is 284 g/mol. The van der Waals surface area contributed by atoms with Crippen molar-refractivity contribution in [3.05, 3.63) is 23.8 Å². The molecule has 0 aromatic heterocycles. The summed E-state index contributed by atoms with van der Waals surface area (Å²) < 4.78 is 10.8. The third kappa shape index (κ3) is 4.80. The third-order valence-electron chi connectivity index (χ3n) is 3.95. The Kier molecular flexibility index (Phi) is 7.93. The van der Waals surface area contributed by atoms with Gasteiger partial charge in [-0.2, -0.15) is 11.8 Å². The lowest BCUT2D eigenvalue weighted by atomic mass is 10.0. The van der Waals surface area contributed by atoms with Crippen molar-refractivity contribution in [2.45, 2.75) is 25.4 Å². The SMILES string of the molecule is COc1ccc(OC)c(C(CN)N(C)C(C)CCSC)c1. The van der Waals surface area contributed by atoms with E-state index in [0.29, 0.717) is 12.6 Å². The highest BCUT2D eigenvalue weighted by Gasteiger charge is 2.23. The first kappa shape index (κ1) is 18.1. The fourth-order valence-corrected chi connectivity index (χ4v) is 2.99. The highest BCUT2D eigenvalue weighted by molar-refractivity contribution is 7.98. The van der Waals surface area contributed by atoms with Crippen LogP contribution >= 0.6 is 11.8 Å². The molecule has 0 aliphatic heterocycles. The Morgan fingerprint density at radius 3 is 2.52 bits per heavy atom. The van der Waals surface area contributed by atoms with E-state index in [1.54, 1.807) is 14.2 Å². The summed E-state index contributed by atoms with van der Waals surface area (Å²) in [4.78, 5) is 2.33. The molecule has 0 saturated heterocycles. The van der Waals surface area contributed by atoms with Gasteiger partial charge in [0.25, 0.3) is 0 Å². The zero-order valence-electron chi connectivity index (χ0n) is 13.8. The Morgan fingerprint density at radius 2 is 2.00 bits per heavy atom. The topological polar surface area (TPSA) is 47.7 Å². The number of nitrogens with two attached hydrogens (primary N) is 1. The maximum absolute atomic E-state index is 6.04. The van der Waals surface area contributed by atoms with E-state index in [1.165, 1.54) is 0 Å². The molecule has 0 aliphatic carbocycles. The molecular formula is C16H28N2O2S. The van der Waals surface area contributed by atoms with Crippen LogP contribution in [0.3, 0.4) is 0 Å². The molecule has 0 fully saturated rings. The van der Waals surface area contributed by atoms with E-state index < -0.39 is 0 Å². The summed E-state index contributed by atoms with van der Waals surface area (Å²) in [5.41, 5.74) is 7.13. The van der Waals surface area contributed by atoms with Gasteiger partial charge in [0, 0.05) is 18.2 Å². The van der Waals surface area contributed by atoms with Gasteiger partial charge in [-0.05, 0) is 50.6 Å². The average Bonchev–Trinajstić information content (AvgIpc) is 2.52. The second-order valence-electron chi connectivity index (χ2n) is 5.16. The summed E-state index contributed by atoms with van der Waals surface area (Å²) in [6.07, 6.45) is 3.28. The van der Waals surface area contributed by atoms with Crippen LogP contribution in [0.15, 0.2) is 18.2 Å². The predicted octanol–water partition coefficient (Wildman–Crippen LogP) is 2.78. The van der Waals surface area contributed by atoms with Gasteiger partial charge in [0.1, 0.15) is 11.5 Å². The molecule has 2 unspecified atom stereocenters. The maximum atomic E-state index is 6.04. The zero-order chi connectivity index (χ0) is 15.8. The first-order valence-corrected chi connectivity index (χ1v) is 8.61. The molecule has 120 valence electrons. The largest absolute Gasteiger partial charge is 0.497 e. The maximum Gasteiger partial charge on any atom is 0.123 e. The van der Waals surface area contributed by atoms with Crippen molar-refractivity contribution >= 4 is 11.8 Å². The van der Waals surface area contributed by atoms with Crippen molar-refractivity contribution in [2.24, 2.45) is 5.73 Å². The molecule has 1 aromatic carbocycles. The molecule has 0 heterocycles. The Morgan fingerprint density at radius 1 is 1.29 bits per heavy atom. The second-order valence-corrected chi connectivity index (χ2v) is 6.14. The van der Waals surface area contributed by atoms with E-state index in [2.05, 4.69) is 25.1 Å². The van der Waals surface area contributed by atoms with Crippen molar-refractivity contribution in [1.82, 2.24) is 4.90 Å². The van der Waals surface area contributed by atoms with E-state index in [9.17, 15) is 0 Å². The van der Waals surface area contributed by atoms with Crippen molar-refractivity contribution in [3.8, 4) is 11.5 Å². The molecule has 0 aliphatic rings. The van der Waals surface area contributed by atoms with Gasteiger partial charge in [-0.1, -0.05) is 0 Å². The summed E-state index contributed by atoms with van der Waals surface area (Å²) in [5.74, 6) is 2.84. The van der Waals surface area contributed by atoms with Crippen LogP contribution in [-0.4, -0.2) is 50.8 Å². The smallest absolute Gasteiger partial charge is 0.123 e. The molecule has 4 nitrogen and oxygen atoms in total. The second kappa shape index (κ2) is 9.18. The lowest BCUT2D eigenvalue weighted by Gasteiger charge is -2.33. The standard InChI is InChI=1S/C16H28N2O2S/c1-12(8-9-21-5)18(2)15(11-17)14-10-13(19-3)6-7-16(14)20-4/h6-7,10,12,15H,8-9,11,17H2,1-5H3. The monoisotopic (exact) mass is 312 g/mol. The molecule has 0 amide bonds. The minimum atomic E-state index is 0.118. The number of hydrogen-bond donors (Lipinski definition) is 1. The van der Waals surface area contributed by atoms with E-state index >= 15 is 0 Å². The normalized spacial score (nSPS) is 14.0. The summed E-state index contributed by atoms with van der Waals surface area (Å²) in [6, 6.07) is 6.45. The van der Waals surface area contributed by atoms with Crippen LogP contribution in [0.2, 0.25) is 0 Å². The molecule has 1 aromatic rings. The van der Waals surface area contributed by atoms with Gasteiger partial charge in [-0.25, -0.2) is 0 Å². The number of ether oxygens (including phenoxy) is 2. The van der Waals surface area contributed by atoms with Crippen LogP contribution in [-0.2, 0) is 0 Å². The average molecular weight is 312 g/mol. The Bertz CT molecular complexity index is 429. The number of rotatable bonds is 9. The van der Waals surface area contributed by atoms with Crippen molar-refractivity contribution in [2.75, 3.05) is 39.8 Å². The highest BCUT2D eigenvalue weighted by Crippen LogP contribution is 2.32. The number of likely N-dealkylation sites (N-methyl/N-ethyl adjacent to an activating group) is 1. The molecule has 2 N–H and O–H groups in total. The molecule has 1 rings (SSSR count). The van der Waals surface area contributed by atoms with Crippen LogP contribution in [0.4, 0.5) is 0 Å². The van der Waals surface area contributed by atoms with Crippen molar-refractivity contribution in [3.63, 3.8) is 0 Å². The Labute approximate surface area is 133 Å². The molecule has 0 saturated carbocycles. The minimum Gasteiger partial charge on any atom is -0.497 e. The number of hydrogen-bond acceptors (Lipinski definition) is 5. The minimum absolute atomic E-state index is 0.118. The molecule has 21 heavy (non-hydrogen) atoms. The summed E-state index contributed by atoms with van der Waals surface area (Å²) in [7, 11) is 5.49. The third-order valence-corrected chi connectivity index (χ3v) is 4.59.